The van der Waals surface area contributed by atoms with Crippen LogP contribution in [0.5, 0.6) is 0 Å². The SMILES string of the molecule is O=C(Cc1ccc(Cl)c(Cl)c1)Nc1cccc(CCl)c1. The van der Waals surface area contributed by atoms with E-state index in [0.29, 0.717) is 15.9 Å². The van der Waals surface area contributed by atoms with E-state index in [0.717, 1.165) is 16.8 Å². The highest BCUT2D eigenvalue weighted by molar-refractivity contribution is 6.42. The topological polar surface area (TPSA) is 29.1 Å². The number of halogens is 3. The van der Waals surface area contributed by atoms with Crippen LogP contribution in [0.4, 0.5) is 5.69 Å². The number of carbonyl (C=O) groups is 1. The van der Waals surface area contributed by atoms with Gasteiger partial charge in [0.05, 0.1) is 16.5 Å². The van der Waals surface area contributed by atoms with E-state index in [-0.39, 0.29) is 12.3 Å². The van der Waals surface area contributed by atoms with Gasteiger partial charge < -0.3 is 5.32 Å². The fourth-order valence-corrected chi connectivity index (χ4v) is 2.26. The Kier molecular flexibility index (Phi) is 5.30. The minimum atomic E-state index is -0.116. The molecule has 0 saturated carbocycles. The van der Waals surface area contributed by atoms with Crippen LogP contribution in [-0.2, 0) is 17.1 Å². The third-order valence-electron chi connectivity index (χ3n) is 2.71. The quantitative estimate of drug-likeness (QED) is 0.794. The summed E-state index contributed by atoms with van der Waals surface area (Å²) in [5.74, 6) is 0.298. The first-order valence-electron chi connectivity index (χ1n) is 5.97. The number of anilines is 1. The lowest BCUT2D eigenvalue weighted by atomic mass is 10.1. The van der Waals surface area contributed by atoms with E-state index in [4.69, 9.17) is 34.8 Å². The maximum atomic E-state index is 12.0. The zero-order valence-electron chi connectivity index (χ0n) is 10.5. The van der Waals surface area contributed by atoms with Gasteiger partial charge in [-0.2, -0.15) is 0 Å². The Morgan fingerprint density at radius 2 is 1.80 bits per heavy atom. The van der Waals surface area contributed by atoms with Crippen LogP contribution in [-0.4, -0.2) is 5.91 Å². The van der Waals surface area contributed by atoms with Gasteiger partial charge in [-0.3, -0.25) is 4.79 Å². The summed E-state index contributed by atoms with van der Waals surface area (Å²) in [7, 11) is 0. The molecule has 0 fully saturated rings. The Hall–Kier alpha value is -1.22. The number of rotatable bonds is 4. The molecule has 5 heteroatoms. The largest absolute Gasteiger partial charge is 0.326 e. The number of carbonyl (C=O) groups excluding carboxylic acids is 1. The van der Waals surface area contributed by atoms with Gasteiger partial charge in [-0.1, -0.05) is 41.4 Å². The molecular weight excluding hydrogens is 317 g/mol. The molecule has 2 rings (SSSR count). The lowest BCUT2D eigenvalue weighted by molar-refractivity contribution is -0.115. The molecule has 0 aromatic heterocycles. The first-order valence-corrected chi connectivity index (χ1v) is 7.26. The Balaban J connectivity index is 2.03. The van der Waals surface area contributed by atoms with Crippen LogP contribution in [0.2, 0.25) is 10.0 Å². The average molecular weight is 329 g/mol. The normalized spacial score (nSPS) is 10.3. The predicted molar refractivity (Wildman–Crippen MR) is 84.8 cm³/mol. The van der Waals surface area contributed by atoms with E-state index in [2.05, 4.69) is 5.32 Å². The second-order valence-electron chi connectivity index (χ2n) is 4.31. The first-order chi connectivity index (χ1) is 9.58. The van der Waals surface area contributed by atoms with Crippen LogP contribution >= 0.6 is 34.8 Å². The number of amides is 1. The molecule has 0 aliphatic heterocycles. The minimum Gasteiger partial charge on any atom is -0.326 e. The highest BCUT2D eigenvalue weighted by Crippen LogP contribution is 2.23. The summed E-state index contributed by atoms with van der Waals surface area (Å²) in [6.45, 7) is 0. The van der Waals surface area contributed by atoms with Crippen LogP contribution in [0.15, 0.2) is 42.5 Å². The zero-order valence-corrected chi connectivity index (χ0v) is 12.8. The van der Waals surface area contributed by atoms with Crippen molar-refractivity contribution in [3.05, 3.63) is 63.6 Å². The summed E-state index contributed by atoms with van der Waals surface area (Å²) in [4.78, 5) is 12.0. The van der Waals surface area contributed by atoms with Gasteiger partial charge in [-0.15, -0.1) is 11.6 Å². The van der Waals surface area contributed by atoms with Crippen molar-refractivity contribution >= 4 is 46.4 Å². The lowest BCUT2D eigenvalue weighted by Gasteiger charge is -2.07. The van der Waals surface area contributed by atoms with Gasteiger partial charge in [0, 0.05) is 11.6 Å². The summed E-state index contributed by atoms with van der Waals surface area (Å²) < 4.78 is 0. The molecule has 20 heavy (non-hydrogen) atoms. The molecule has 0 aliphatic carbocycles. The fraction of sp³-hybridized carbons (Fsp3) is 0.133. The molecule has 0 radical (unpaired) electrons. The number of hydrogen-bond donors (Lipinski definition) is 1. The molecule has 0 spiro atoms. The molecule has 0 aliphatic rings. The molecule has 2 aromatic rings. The van der Waals surface area contributed by atoms with E-state index >= 15 is 0 Å². The van der Waals surface area contributed by atoms with E-state index in [9.17, 15) is 4.79 Å². The molecule has 0 bridgehead atoms. The Bertz CT molecular complexity index is 628. The number of alkyl halides is 1. The van der Waals surface area contributed by atoms with Crippen molar-refractivity contribution < 1.29 is 4.79 Å². The summed E-state index contributed by atoms with van der Waals surface area (Å²) in [5, 5.41) is 3.75. The third kappa shape index (κ3) is 4.14. The van der Waals surface area contributed by atoms with Crippen molar-refractivity contribution in [1.82, 2.24) is 0 Å². The lowest BCUT2D eigenvalue weighted by Crippen LogP contribution is -2.14. The predicted octanol–water partition coefficient (Wildman–Crippen LogP) is 4.91. The maximum absolute atomic E-state index is 12.0. The van der Waals surface area contributed by atoms with Crippen molar-refractivity contribution in [3.8, 4) is 0 Å². The van der Waals surface area contributed by atoms with Crippen molar-refractivity contribution in [3.63, 3.8) is 0 Å². The van der Waals surface area contributed by atoms with Crippen molar-refractivity contribution in [2.24, 2.45) is 0 Å². The van der Waals surface area contributed by atoms with Crippen molar-refractivity contribution in [2.45, 2.75) is 12.3 Å². The smallest absolute Gasteiger partial charge is 0.228 e. The highest BCUT2D eigenvalue weighted by atomic mass is 35.5. The van der Waals surface area contributed by atoms with Gasteiger partial charge >= 0.3 is 0 Å². The zero-order chi connectivity index (χ0) is 14.5. The molecule has 0 atom stereocenters. The van der Waals surface area contributed by atoms with Crippen LogP contribution in [0.1, 0.15) is 11.1 Å². The van der Waals surface area contributed by atoms with E-state index < -0.39 is 0 Å². The molecule has 0 heterocycles. The van der Waals surface area contributed by atoms with E-state index in [1.54, 1.807) is 18.2 Å². The first kappa shape index (κ1) is 15.2. The number of hydrogen-bond acceptors (Lipinski definition) is 1. The third-order valence-corrected chi connectivity index (χ3v) is 3.76. The summed E-state index contributed by atoms with van der Waals surface area (Å²) in [5.41, 5.74) is 2.50. The Morgan fingerprint density at radius 3 is 2.50 bits per heavy atom. The van der Waals surface area contributed by atoms with E-state index in [1.807, 2.05) is 24.3 Å². The molecule has 1 N–H and O–H groups in total. The molecule has 104 valence electrons. The van der Waals surface area contributed by atoms with Gasteiger partial charge in [0.25, 0.3) is 0 Å². The molecule has 0 unspecified atom stereocenters. The van der Waals surface area contributed by atoms with Gasteiger partial charge in [0.1, 0.15) is 0 Å². The van der Waals surface area contributed by atoms with E-state index in [1.165, 1.54) is 0 Å². The number of benzene rings is 2. The van der Waals surface area contributed by atoms with Crippen molar-refractivity contribution in [2.75, 3.05) is 5.32 Å². The van der Waals surface area contributed by atoms with Gasteiger partial charge in [0.15, 0.2) is 0 Å². The molecule has 2 nitrogen and oxygen atoms in total. The Labute approximate surface area is 132 Å². The molecule has 2 aromatic carbocycles. The fourth-order valence-electron chi connectivity index (χ4n) is 1.77. The van der Waals surface area contributed by atoms with Crippen LogP contribution < -0.4 is 5.32 Å². The second-order valence-corrected chi connectivity index (χ2v) is 5.39. The van der Waals surface area contributed by atoms with Gasteiger partial charge in [-0.05, 0) is 35.4 Å². The minimum absolute atomic E-state index is 0.116. The molecule has 0 saturated heterocycles. The summed E-state index contributed by atoms with van der Waals surface area (Å²) in [6.07, 6.45) is 0.238. The van der Waals surface area contributed by atoms with Gasteiger partial charge in [0.2, 0.25) is 5.91 Å². The van der Waals surface area contributed by atoms with Crippen LogP contribution in [0.3, 0.4) is 0 Å². The summed E-state index contributed by atoms with van der Waals surface area (Å²) in [6, 6.07) is 12.6. The van der Waals surface area contributed by atoms with Crippen LogP contribution in [0, 0.1) is 0 Å². The monoisotopic (exact) mass is 327 g/mol. The molecular formula is C15H12Cl3NO. The average Bonchev–Trinajstić information content (AvgIpc) is 2.43. The highest BCUT2D eigenvalue weighted by Gasteiger charge is 2.06. The number of nitrogens with one attached hydrogen (secondary N) is 1. The van der Waals surface area contributed by atoms with Gasteiger partial charge in [-0.25, -0.2) is 0 Å². The summed E-state index contributed by atoms with van der Waals surface area (Å²) >= 11 is 17.5. The second kappa shape index (κ2) is 6.98. The standard InChI is InChI=1S/C15H12Cl3NO/c16-9-11-2-1-3-12(6-11)19-15(20)8-10-4-5-13(17)14(18)7-10/h1-7H,8-9H2,(H,19,20). The Morgan fingerprint density at radius 1 is 1.00 bits per heavy atom. The maximum Gasteiger partial charge on any atom is 0.228 e. The molecule has 1 amide bonds. The van der Waals surface area contributed by atoms with Crippen molar-refractivity contribution in [1.29, 1.82) is 0 Å². The van der Waals surface area contributed by atoms with Crippen LogP contribution in [0.25, 0.3) is 0 Å².